The molecular weight excluding hydrogens is 420 g/mol. The fourth-order valence-corrected chi connectivity index (χ4v) is 4.20. The summed E-state index contributed by atoms with van der Waals surface area (Å²) in [7, 11) is -3.78. The number of anilines is 1. The van der Waals surface area contributed by atoms with E-state index in [9.17, 15) is 18.0 Å². The number of carbonyl (C=O) groups is 2. The van der Waals surface area contributed by atoms with Crippen LogP contribution in [0.15, 0.2) is 53.4 Å². The maximum atomic E-state index is 12.7. The quantitative estimate of drug-likeness (QED) is 0.534. The number of esters is 2. The molecule has 0 atom stereocenters. The normalized spacial score (nSPS) is 11.3. The van der Waals surface area contributed by atoms with Gasteiger partial charge in [-0.15, -0.1) is 0 Å². The van der Waals surface area contributed by atoms with Gasteiger partial charge in [-0.3, -0.25) is 9.52 Å². The van der Waals surface area contributed by atoms with Crippen LogP contribution in [0, 0.1) is 6.92 Å². The Labute approximate surface area is 180 Å². The standard InChI is InChI=1S/C22H24N2O6S/c1-4-29-21(25)14-24-19-11-8-17(12-16(19)13-20(24)22(26)30-5-2)23-31(27,28)18-9-6-15(3)7-10-18/h6-13,23H,4-5,14H2,1-3H3. The molecule has 3 aromatic rings. The summed E-state index contributed by atoms with van der Waals surface area (Å²) in [5.41, 5.74) is 2.05. The molecule has 9 heteroatoms. The van der Waals surface area contributed by atoms with Crippen molar-refractivity contribution in [3.05, 3.63) is 59.8 Å². The number of aryl methyl sites for hydroxylation is 1. The van der Waals surface area contributed by atoms with Crippen molar-refractivity contribution in [2.24, 2.45) is 0 Å². The van der Waals surface area contributed by atoms with E-state index in [0.717, 1.165) is 5.56 Å². The lowest BCUT2D eigenvalue weighted by Crippen LogP contribution is -2.18. The van der Waals surface area contributed by atoms with Crippen LogP contribution in [0.25, 0.3) is 10.9 Å². The number of benzene rings is 2. The highest BCUT2D eigenvalue weighted by Gasteiger charge is 2.20. The summed E-state index contributed by atoms with van der Waals surface area (Å²) in [5, 5.41) is 0.580. The monoisotopic (exact) mass is 444 g/mol. The molecule has 0 spiro atoms. The predicted molar refractivity (Wildman–Crippen MR) is 117 cm³/mol. The zero-order valence-electron chi connectivity index (χ0n) is 17.5. The zero-order valence-corrected chi connectivity index (χ0v) is 18.4. The molecule has 0 radical (unpaired) electrons. The van der Waals surface area contributed by atoms with Crippen molar-refractivity contribution in [3.8, 4) is 0 Å². The molecule has 1 aromatic heterocycles. The van der Waals surface area contributed by atoms with E-state index >= 15 is 0 Å². The molecule has 0 saturated heterocycles. The van der Waals surface area contributed by atoms with Gasteiger partial charge in [0.05, 0.1) is 18.1 Å². The van der Waals surface area contributed by atoms with Gasteiger partial charge in [0.25, 0.3) is 10.0 Å². The summed E-state index contributed by atoms with van der Waals surface area (Å²) in [6.45, 7) is 5.50. The molecule has 0 aliphatic carbocycles. The fourth-order valence-electron chi connectivity index (χ4n) is 3.15. The van der Waals surface area contributed by atoms with E-state index in [1.807, 2.05) is 6.92 Å². The molecule has 0 bridgehead atoms. The van der Waals surface area contributed by atoms with Gasteiger partial charge in [-0.1, -0.05) is 17.7 Å². The SMILES string of the molecule is CCOC(=O)Cn1c(C(=O)OCC)cc2cc(NS(=O)(=O)c3ccc(C)cc3)ccc21. The van der Waals surface area contributed by atoms with Crippen LogP contribution >= 0.6 is 0 Å². The average molecular weight is 445 g/mol. The third-order valence-corrected chi connectivity index (χ3v) is 5.96. The first kappa shape index (κ1) is 22.4. The highest BCUT2D eigenvalue weighted by atomic mass is 32.2. The van der Waals surface area contributed by atoms with E-state index in [0.29, 0.717) is 16.6 Å². The molecule has 0 unspecified atom stereocenters. The summed E-state index contributed by atoms with van der Waals surface area (Å²) in [4.78, 5) is 24.6. The Kier molecular flexibility index (Phi) is 6.65. The first-order valence-electron chi connectivity index (χ1n) is 9.80. The molecule has 1 N–H and O–H groups in total. The van der Waals surface area contributed by atoms with Gasteiger partial charge in [0.15, 0.2) is 0 Å². The second-order valence-corrected chi connectivity index (χ2v) is 8.52. The highest BCUT2D eigenvalue weighted by molar-refractivity contribution is 7.92. The van der Waals surface area contributed by atoms with Crippen molar-refractivity contribution < 1.29 is 27.5 Å². The molecule has 2 aromatic carbocycles. The Morgan fingerprint density at radius 1 is 0.968 bits per heavy atom. The molecular formula is C22H24N2O6S. The summed E-state index contributed by atoms with van der Waals surface area (Å²) in [6, 6.07) is 12.9. The summed E-state index contributed by atoms with van der Waals surface area (Å²) in [5.74, 6) is -1.07. The van der Waals surface area contributed by atoms with Gasteiger partial charge in [-0.25, -0.2) is 13.2 Å². The fraction of sp³-hybridized carbons (Fsp3) is 0.273. The zero-order chi connectivity index (χ0) is 22.6. The minimum atomic E-state index is -3.78. The highest BCUT2D eigenvalue weighted by Crippen LogP contribution is 2.26. The molecule has 1 heterocycles. The molecule has 0 fully saturated rings. The Morgan fingerprint density at radius 3 is 2.29 bits per heavy atom. The van der Waals surface area contributed by atoms with Gasteiger partial charge >= 0.3 is 11.9 Å². The Balaban J connectivity index is 1.98. The van der Waals surface area contributed by atoms with Gasteiger partial charge in [0.2, 0.25) is 0 Å². The van der Waals surface area contributed by atoms with E-state index in [4.69, 9.17) is 9.47 Å². The van der Waals surface area contributed by atoms with Crippen LogP contribution in [0.2, 0.25) is 0 Å². The number of rotatable bonds is 8. The molecule has 0 amide bonds. The number of nitrogens with zero attached hydrogens (tertiary/aromatic N) is 1. The summed E-state index contributed by atoms with van der Waals surface area (Å²) < 4.78 is 39.5. The third kappa shape index (κ3) is 5.05. The van der Waals surface area contributed by atoms with E-state index < -0.39 is 22.0 Å². The van der Waals surface area contributed by atoms with Crippen LogP contribution in [0.4, 0.5) is 5.69 Å². The maximum absolute atomic E-state index is 12.7. The van der Waals surface area contributed by atoms with E-state index in [1.165, 1.54) is 16.7 Å². The molecule has 164 valence electrons. The lowest BCUT2D eigenvalue weighted by Gasteiger charge is -2.11. The van der Waals surface area contributed by atoms with Gasteiger partial charge < -0.3 is 14.0 Å². The van der Waals surface area contributed by atoms with E-state index in [1.54, 1.807) is 50.2 Å². The molecule has 0 aliphatic heterocycles. The van der Waals surface area contributed by atoms with Crippen LogP contribution in [-0.4, -0.2) is 38.1 Å². The first-order chi connectivity index (χ1) is 14.7. The van der Waals surface area contributed by atoms with Crippen molar-refractivity contribution in [2.45, 2.75) is 32.2 Å². The Bertz CT molecular complexity index is 1210. The number of carbonyl (C=O) groups excluding carboxylic acids is 2. The summed E-state index contributed by atoms with van der Waals surface area (Å²) >= 11 is 0. The second kappa shape index (κ2) is 9.22. The van der Waals surface area contributed by atoms with Crippen molar-refractivity contribution in [2.75, 3.05) is 17.9 Å². The number of nitrogens with one attached hydrogen (secondary N) is 1. The lowest BCUT2D eigenvalue weighted by molar-refractivity contribution is -0.143. The summed E-state index contributed by atoms with van der Waals surface area (Å²) in [6.07, 6.45) is 0. The molecule has 0 saturated carbocycles. The second-order valence-electron chi connectivity index (χ2n) is 6.83. The maximum Gasteiger partial charge on any atom is 0.354 e. The van der Waals surface area contributed by atoms with Gasteiger partial charge in [-0.05, 0) is 57.2 Å². The topological polar surface area (TPSA) is 104 Å². The van der Waals surface area contributed by atoms with Crippen molar-refractivity contribution >= 4 is 38.6 Å². The minimum absolute atomic E-state index is 0.144. The largest absolute Gasteiger partial charge is 0.465 e. The number of ether oxygens (including phenoxy) is 2. The van der Waals surface area contributed by atoms with Gasteiger partial charge in [0, 0.05) is 16.6 Å². The van der Waals surface area contributed by atoms with Crippen molar-refractivity contribution in [1.29, 1.82) is 0 Å². The number of aromatic nitrogens is 1. The van der Waals surface area contributed by atoms with Crippen molar-refractivity contribution in [1.82, 2.24) is 4.57 Å². The molecule has 8 nitrogen and oxygen atoms in total. The van der Waals surface area contributed by atoms with Crippen LogP contribution < -0.4 is 4.72 Å². The molecule has 0 aliphatic rings. The first-order valence-corrected chi connectivity index (χ1v) is 11.3. The number of hydrogen-bond acceptors (Lipinski definition) is 6. The number of sulfonamides is 1. The van der Waals surface area contributed by atoms with E-state index in [-0.39, 0.29) is 30.3 Å². The Morgan fingerprint density at radius 2 is 1.65 bits per heavy atom. The minimum Gasteiger partial charge on any atom is -0.465 e. The van der Waals surface area contributed by atoms with E-state index in [2.05, 4.69) is 4.72 Å². The van der Waals surface area contributed by atoms with Crippen LogP contribution in [-0.2, 0) is 30.8 Å². The van der Waals surface area contributed by atoms with Crippen LogP contribution in [0.1, 0.15) is 29.9 Å². The smallest absolute Gasteiger partial charge is 0.354 e. The average Bonchev–Trinajstić information content (AvgIpc) is 3.06. The van der Waals surface area contributed by atoms with Crippen LogP contribution in [0.3, 0.4) is 0 Å². The van der Waals surface area contributed by atoms with Crippen LogP contribution in [0.5, 0.6) is 0 Å². The third-order valence-electron chi connectivity index (χ3n) is 4.56. The molecule has 31 heavy (non-hydrogen) atoms. The number of fused-ring (bicyclic) bond motifs is 1. The lowest BCUT2D eigenvalue weighted by atomic mass is 10.2. The Hall–Kier alpha value is -3.33. The van der Waals surface area contributed by atoms with Gasteiger partial charge in [-0.2, -0.15) is 0 Å². The van der Waals surface area contributed by atoms with Gasteiger partial charge in [0.1, 0.15) is 12.2 Å². The predicted octanol–water partition coefficient (Wildman–Crippen LogP) is 3.49. The number of hydrogen-bond donors (Lipinski definition) is 1. The molecule has 3 rings (SSSR count). The van der Waals surface area contributed by atoms with Crippen molar-refractivity contribution in [3.63, 3.8) is 0 Å².